The van der Waals surface area contributed by atoms with Gasteiger partial charge >= 0.3 is 0 Å². The second-order valence-electron chi connectivity index (χ2n) is 5.78. The fourth-order valence-corrected chi connectivity index (χ4v) is 3.41. The summed E-state index contributed by atoms with van der Waals surface area (Å²) in [6, 6.07) is 5.56. The summed E-state index contributed by atoms with van der Waals surface area (Å²) in [6.45, 7) is 2.60. The zero-order chi connectivity index (χ0) is 16.9. The molecular weight excluding hydrogens is 363 g/mol. The Bertz CT molecular complexity index is 732. The molecule has 4 nitrogen and oxygen atoms in total. The lowest BCUT2D eigenvalue weighted by molar-refractivity contribution is 0.452. The summed E-state index contributed by atoms with van der Waals surface area (Å²) in [6.07, 6.45) is 5.54. The van der Waals surface area contributed by atoms with Gasteiger partial charge in [0, 0.05) is 24.2 Å². The highest BCUT2D eigenvalue weighted by Crippen LogP contribution is 2.26. The zero-order valence-electron chi connectivity index (χ0n) is 13.1. The van der Waals surface area contributed by atoms with Crippen LogP contribution in [0.3, 0.4) is 0 Å². The predicted molar refractivity (Wildman–Crippen MR) is 102 cm³/mol. The molecule has 1 saturated heterocycles. The lowest BCUT2D eigenvalue weighted by Gasteiger charge is -2.24. The molecule has 2 heterocycles. The number of benzene rings is 1. The number of halogens is 2. The van der Waals surface area contributed by atoms with E-state index in [1.807, 2.05) is 12.1 Å². The van der Waals surface area contributed by atoms with Crippen LogP contribution in [-0.2, 0) is 6.54 Å². The van der Waals surface area contributed by atoms with Crippen molar-refractivity contribution in [2.24, 2.45) is 0 Å². The highest BCUT2D eigenvalue weighted by Gasteiger charge is 2.21. The van der Waals surface area contributed by atoms with Crippen LogP contribution < -0.4 is 10.6 Å². The van der Waals surface area contributed by atoms with E-state index < -0.39 is 0 Å². The van der Waals surface area contributed by atoms with Gasteiger partial charge in [-0.3, -0.25) is 0 Å². The Morgan fingerprint density at radius 2 is 2.04 bits per heavy atom. The van der Waals surface area contributed by atoms with E-state index in [0.29, 0.717) is 27.5 Å². The summed E-state index contributed by atoms with van der Waals surface area (Å²) in [5.74, 6) is 0.425. The number of nitrogens with one attached hydrogen (secondary N) is 2. The van der Waals surface area contributed by atoms with Gasteiger partial charge in [0.05, 0.1) is 15.7 Å². The minimum absolute atomic E-state index is 0.425. The standard InChI is InChI=1S/C17H18Cl2N4S/c18-14-2-1-11(7-15(14)19)8-22-17(24)13-9-21-10-23-16(13)12-3-5-20-6-4-12/h1-2,7,9-10,12,20H,3-6,8H2,(H,22,24). The van der Waals surface area contributed by atoms with Crippen LogP contribution in [0.15, 0.2) is 30.7 Å². The van der Waals surface area contributed by atoms with Crippen LogP contribution in [0.5, 0.6) is 0 Å². The third-order valence-electron chi connectivity index (χ3n) is 4.15. The maximum absolute atomic E-state index is 6.05. The molecule has 1 aromatic carbocycles. The minimum Gasteiger partial charge on any atom is -0.372 e. The molecule has 1 aliphatic heterocycles. The quantitative estimate of drug-likeness (QED) is 0.791. The number of nitrogens with zero attached hydrogens (tertiary/aromatic N) is 2. The van der Waals surface area contributed by atoms with Gasteiger partial charge in [-0.2, -0.15) is 0 Å². The average Bonchev–Trinajstić information content (AvgIpc) is 2.63. The van der Waals surface area contributed by atoms with Crippen molar-refractivity contribution in [1.29, 1.82) is 0 Å². The van der Waals surface area contributed by atoms with Gasteiger partial charge in [-0.05, 0) is 43.6 Å². The minimum atomic E-state index is 0.425. The number of rotatable bonds is 4. The van der Waals surface area contributed by atoms with Crippen molar-refractivity contribution in [3.63, 3.8) is 0 Å². The van der Waals surface area contributed by atoms with Crippen LogP contribution in [-0.4, -0.2) is 28.0 Å². The van der Waals surface area contributed by atoms with Crippen LogP contribution in [0, 0.1) is 0 Å². The molecule has 7 heteroatoms. The number of piperidine rings is 1. The predicted octanol–water partition coefficient (Wildman–Crippen LogP) is 3.72. The topological polar surface area (TPSA) is 49.8 Å². The molecule has 2 N–H and O–H groups in total. The molecule has 0 spiro atoms. The third-order valence-corrected chi connectivity index (χ3v) is 5.25. The molecule has 1 aliphatic rings. The first-order valence-corrected chi connectivity index (χ1v) is 9.04. The SMILES string of the molecule is S=C(NCc1ccc(Cl)c(Cl)c1)c1cncnc1C1CCNCC1. The van der Waals surface area contributed by atoms with Crippen molar-refractivity contribution in [3.8, 4) is 0 Å². The highest BCUT2D eigenvalue weighted by atomic mass is 35.5. The van der Waals surface area contributed by atoms with E-state index >= 15 is 0 Å². The number of hydrogen-bond donors (Lipinski definition) is 2. The second-order valence-corrected chi connectivity index (χ2v) is 7.00. The summed E-state index contributed by atoms with van der Waals surface area (Å²) in [7, 11) is 0. The Hall–Kier alpha value is -1.27. The molecule has 0 aliphatic carbocycles. The lowest BCUT2D eigenvalue weighted by Crippen LogP contribution is -2.29. The Morgan fingerprint density at radius 1 is 1.25 bits per heavy atom. The van der Waals surface area contributed by atoms with E-state index in [1.54, 1.807) is 18.6 Å². The van der Waals surface area contributed by atoms with Gasteiger partial charge in [0.2, 0.25) is 0 Å². The largest absolute Gasteiger partial charge is 0.372 e. The fraction of sp³-hybridized carbons (Fsp3) is 0.353. The van der Waals surface area contributed by atoms with E-state index in [1.165, 1.54) is 0 Å². The molecule has 0 bridgehead atoms. The lowest BCUT2D eigenvalue weighted by atomic mass is 9.92. The van der Waals surface area contributed by atoms with E-state index in [4.69, 9.17) is 35.4 Å². The van der Waals surface area contributed by atoms with Gasteiger partial charge in [0.25, 0.3) is 0 Å². The first kappa shape index (κ1) is 17.5. The van der Waals surface area contributed by atoms with E-state index in [-0.39, 0.29) is 0 Å². The first-order valence-electron chi connectivity index (χ1n) is 7.88. The maximum atomic E-state index is 6.05. The summed E-state index contributed by atoms with van der Waals surface area (Å²) >= 11 is 17.6. The van der Waals surface area contributed by atoms with Gasteiger partial charge in [0.1, 0.15) is 11.3 Å². The molecule has 0 unspecified atom stereocenters. The molecule has 126 valence electrons. The Kier molecular flexibility index (Phi) is 6.00. The monoisotopic (exact) mass is 380 g/mol. The summed E-state index contributed by atoms with van der Waals surface area (Å²) < 4.78 is 0. The van der Waals surface area contributed by atoms with Crippen LogP contribution in [0.25, 0.3) is 0 Å². The highest BCUT2D eigenvalue weighted by molar-refractivity contribution is 7.80. The van der Waals surface area contributed by atoms with Gasteiger partial charge in [-0.15, -0.1) is 0 Å². The first-order chi connectivity index (χ1) is 11.6. The molecule has 3 rings (SSSR count). The molecule has 1 aromatic heterocycles. The van der Waals surface area contributed by atoms with Crippen molar-refractivity contribution in [3.05, 3.63) is 57.6 Å². The van der Waals surface area contributed by atoms with E-state index in [2.05, 4.69) is 20.6 Å². The number of hydrogen-bond acceptors (Lipinski definition) is 4. The molecule has 0 atom stereocenters. The van der Waals surface area contributed by atoms with Crippen LogP contribution in [0.1, 0.15) is 35.6 Å². The summed E-state index contributed by atoms with van der Waals surface area (Å²) in [5, 5.41) is 7.74. The Balaban J connectivity index is 1.71. The van der Waals surface area contributed by atoms with Crippen molar-refractivity contribution < 1.29 is 0 Å². The molecule has 0 radical (unpaired) electrons. The maximum Gasteiger partial charge on any atom is 0.115 e. The smallest absolute Gasteiger partial charge is 0.115 e. The van der Waals surface area contributed by atoms with Crippen LogP contribution in [0.2, 0.25) is 10.0 Å². The van der Waals surface area contributed by atoms with Gasteiger partial charge < -0.3 is 10.6 Å². The molecular formula is C17H18Cl2N4S. The third kappa shape index (κ3) is 4.22. The van der Waals surface area contributed by atoms with Crippen LogP contribution >= 0.6 is 35.4 Å². The Morgan fingerprint density at radius 3 is 2.79 bits per heavy atom. The van der Waals surface area contributed by atoms with Crippen molar-refractivity contribution >= 4 is 40.4 Å². The van der Waals surface area contributed by atoms with E-state index in [9.17, 15) is 0 Å². The molecule has 1 fully saturated rings. The molecule has 24 heavy (non-hydrogen) atoms. The van der Waals surface area contributed by atoms with Crippen molar-refractivity contribution in [2.45, 2.75) is 25.3 Å². The van der Waals surface area contributed by atoms with Gasteiger partial charge in [-0.25, -0.2) is 9.97 Å². The number of thiocarbonyl (C=S) groups is 1. The zero-order valence-corrected chi connectivity index (χ0v) is 15.4. The van der Waals surface area contributed by atoms with E-state index in [0.717, 1.165) is 42.8 Å². The molecule has 0 saturated carbocycles. The molecule has 0 amide bonds. The number of aromatic nitrogens is 2. The van der Waals surface area contributed by atoms with Gasteiger partial charge in [0.15, 0.2) is 0 Å². The average molecular weight is 381 g/mol. The second kappa shape index (κ2) is 8.21. The Labute approximate surface area is 157 Å². The van der Waals surface area contributed by atoms with Crippen molar-refractivity contribution in [2.75, 3.05) is 13.1 Å². The van der Waals surface area contributed by atoms with Gasteiger partial charge in [-0.1, -0.05) is 41.5 Å². The normalized spacial score (nSPS) is 15.2. The van der Waals surface area contributed by atoms with Crippen LogP contribution in [0.4, 0.5) is 0 Å². The summed E-state index contributed by atoms with van der Waals surface area (Å²) in [5.41, 5.74) is 2.98. The summed E-state index contributed by atoms with van der Waals surface area (Å²) in [4.78, 5) is 9.31. The molecule has 2 aromatic rings. The fourth-order valence-electron chi connectivity index (χ4n) is 2.86. The van der Waals surface area contributed by atoms with Crippen molar-refractivity contribution in [1.82, 2.24) is 20.6 Å².